The van der Waals surface area contributed by atoms with Gasteiger partial charge >= 0.3 is 0 Å². The molecule has 0 fully saturated rings. The SMILES string of the molecule is Nc1cc(Br)c(=O)n(Cc2cccc(F)c2)c1. The van der Waals surface area contributed by atoms with Gasteiger partial charge in [0.1, 0.15) is 5.82 Å². The fraction of sp³-hybridized carbons (Fsp3) is 0.0833. The second-order valence-corrected chi connectivity index (χ2v) is 4.54. The molecule has 0 unspecified atom stereocenters. The average molecular weight is 297 g/mol. The molecule has 3 nitrogen and oxygen atoms in total. The summed E-state index contributed by atoms with van der Waals surface area (Å²) in [5.74, 6) is -0.321. The van der Waals surface area contributed by atoms with Gasteiger partial charge in [-0.3, -0.25) is 4.79 Å². The summed E-state index contributed by atoms with van der Waals surface area (Å²) in [6.07, 6.45) is 1.54. The minimum atomic E-state index is -0.321. The molecule has 0 saturated carbocycles. The molecule has 0 saturated heterocycles. The molecule has 5 heteroatoms. The predicted octanol–water partition coefficient (Wildman–Crippen LogP) is 2.38. The molecule has 88 valence electrons. The molecule has 1 aromatic carbocycles. The summed E-state index contributed by atoms with van der Waals surface area (Å²) in [5, 5.41) is 0. The highest BCUT2D eigenvalue weighted by atomic mass is 79.9. The van der Waals surface area contributed by atoms with Gasteiger partial charge in [0.2, 0.25) is 0 Å². The number of halogens is 2. The lowest BCUT2D eigenvalue weighted by Crippen LogP contribution is -2.21. The largest absolute Gasteiger partial charge is 0.398 e. The van der Waals surface area contributed by atoms with Gasteiger partial charge in [-0.2, -0.15) is 0 Å². The Morgan fingerprint density at radius 3 is 2.82 bits per heavy atom. The summed E-state index contributed by atoms with van der Waals surface area (Å²) in [4.78, 5) is 11.8. The van der Waals surface area contributed by atoms with Crippen LogP contribution in [0.2, 0.25) is 0 Å². The zero-order chi connectivity index (χ0) is 12.4. The topological polar surface area (TPSA) is 48.0 Å². The maximum atomic E-state index is 13.0. The number of benzene rings is 1. The highest BCUT2D eigenvalue weighted by Crippen LogP contribution is 2.10. The van der Waals surface area contributed by atoms with E-state index in [0.717, 1.165) is 0 Å². The Kier molecular flexibility index (Phi) is 3.28. The lowest BCUT2D eigenvalue weighted by atomic mass is 10.2. The molecule has 2 N–H and O–H groups in total. The highest BCUT2D eigenvalue weighted by molar-refractivity contribution is 9.10. The summed E-state index contributed by atoms with van der Waals surface area (Å²) >= 11 is 3.14. The van der Waals surface area contributed by atoms with E-state index < -0.39 is 0 Å². The van der Waals surface area contributed by atoms with Crippen molar-refractivity contribution in [1.29, 1.82) is 0 Å². The summed E-state index contributed by atoms with van der Waals surface area (Å²) < 4.78 is 14.8. The van der Waals surface area contributed by atoms with Crippen LogP contribution in [-0.4, -0.2) is 4.57 Å². The Bertz CT molecular complexity index is 610. The Morgan fingerprint density at radius 1 is 1.35 bits per heavy atom. The third kappa shape index (κ3) is 2.74. The number of hydrogen-bond donors (Lipinski definition) is 1. The average Bonchev–Trinajstić information content (AvgIpc) is 2.25. The molecule has 2 aromatic rings. The quantitative estimate of drug-likeness (QED) is 0.925. The van der Waals surface area contributed by atoms with E-state index in [0.29, 0.717) is 22.3 Å². The van der Waals surface area contributed by atoms with E-state index in [4.69, 9.17) is 5.73 Å². The molecule has 17 heavy (non-hydrogen) atoms. The van der Waals surface area contributed by atoms with Crippen molar-refractivity contribution in [3.63, 3.8) is 0 Å². The third-order valence-electron chi connectivity index (χ3n) is 2.31. The lowest BCUT2D eigenvalue weighted by Gasteiger charge is -2.07. The third-order valence-corrected chi connectivity index (χ3v) is 2.87. The van der Waals surface area contributed by atoms with Crippen molar-refractivity contribution >= 4 is 21.6 Å². The summed E-state index contributed by atoms with van der Waals surface area (Å²) in [6, 6.07) is 7.67. The zero-order valence-corrected chi connectivity index (χ0v) is 10.4. The van der Waals surface area contributed by atoms with Crippen molar-refractivity contribution in [2.24, 2.45) is 0 Å². The standard InChI is InChI=1S/C12H10BrFN2O/c13-11-5-10(15)7-16(12(11)17)6-8-2-1-3-9(14)4-8/h1-5,7H,6,15H2. The molecule has 2 rings (SSSR count). The van der Waals surface area contributed by atoms with Gasteiger partial charge in [0.05, 0.1) is 11.0 Å². The summed E-state index contributed by atoms with van der Waals surface area (Å²) in [5.41, 5.74) is 6.65. The van der Waals surface area contributed by atoms with Crippen LogP contribution in [0.1, 0.15) is 5.56 Å². The smallest absolute Gasteiger partial charge is 0.265 e. The first-order chi connectivity index (χ1) is 8.06. The van der Waals surface area contributed by atoms with Crippen LogP contribution >= 0.6 is 15.9 Å². The fourth-order valence-corrected chi connectivity index (χ4v) is 2.06. The van der Waals surface area contributed by atoms with Gasteiger partial charge < -0.3 is 10.3 Å². The Labute approximate surface area is 106 Å². The first-order valence-electron chi connectivity index (χ1n) is 4.96. The summed E-state index contributed by atoms with van der Waals surface area (Å²) in [6.45, 7) is 0.292. The van der Waals surface area contributed by atoms with Gasteiger partial charge in [-0.15, -0.1) is 0 Å². The fourth-order valence-electron chi connectivity index (χ4n) is 1.57. The molecule has 0 atom stereocenters. The molecule has 0 aliphatic carbocycles. The van der Waals surface area contributed by atoms with E-state index in [9.17, 15) is 9.18 Å². The molecular weight excluding hydrogens is 287 g/mol. The van der Waals surface area contributed by atoms with Crippen LogP contribution in [0.15, 0.2) is 45.8 Å². The molecule has 1 aromatic heterocycles. The minimum Gasteiger partial charge on any atom is -0.398 e. The number of aromatic nitrogens is 1. The van der Waals surface area contributed by atoms with E-state index in [1.54, 1.807) is 18.2 Å². The Balaban J connectivity index is 2.40. The Morgan fingerprint density at radius 2 is 2.12 bits per heavy atom. The highest BCUT2D eigenvalue weighted by Gasteiger charge is 2.04. The van der Waals surface area contributed by atoms with Gasteiger partial charge in [0, 0.05) is 11.9 Å². The number of anilines is 1. The van der Waals surface area contributed by atoms with E-state index in [1.807, 2.05) is 0 Å². The molecule has 0 radical (unpaired) electrons. The van der Waals surface area contributed by atoms with E-state index in [-0.39, 0.29) is 11.4 Å². The van der Waals surface area contributed by atoms with Crippen molar-refractivity contribution in [3.05, 3.63) is 62.7 Å². The first-order valence-corrected chi connectivity index (χ1v) is 5.75. The van der Waals surface area contributed by atoms with E-state index >= 15 is 0 Å². The van der Waals surface area contributed by atoms with E-state index in [1.165, 1.54) is 22.9 Å². The molecule has 0 bridgehead atoms. The van der Waals surface area contributed by atoms with Crippen molar-refractivity contribution < 1.29 is 4.39 Å². The maximum Gasteiger partial charge on any atom is 0.265 e. The zero-order valence-electron chi connectivity index (χ0n) is 8.86. The van der Waals surface area contributed by atoms with Crippen molar-refractivity contribution in [1.82, 2.24) is 4.57 Å². The second-order valence-electron chi connectivity index (χ2n) is 3.68. The van der Waals surface area contributed by atoms with Gasteiger partial charge in [0.15, 0.2) is 0 Å². The molecule has 0 aliphatic heterocycles. The van der Waals surface area contributed by atoms with Crippen molar-refractivity contribution in [3.8, 4) is 0 Å². The van der Waals surface area contributed by atoms with Crippen LogP contribution in [0.3, 0.4) is 0 Å². The molecule has 0 spiro atoms. The van der Waals surface area contributed by atoms with Gasteiger partial charge in [-0.25, -0.2) is 4.39 Å². The van der Waals surface area contributed by atoms with Crippen LogP contribution in [-0.2, 0) is 6.54 Å². The number of nitrogens with two attached hydrogens (primary N) is 1. The summed E-state index contributed by atoms with van der Waals surface area (Å²) in [7, 11) is 0. The van der Waals surface area contributed by atoms with Crippen LogP contribution in [0.5, 0.6) is 0 Å². The monoisotopic (exact) mass is 296 g/mol. The number of nitrogen functional groups attached to an aromatic ring is 1. The molecule has 0 aliphatic rings. The minimum absolute atomic E-state index is 0.191. The van der Waals surface area contributed by atoms with Crippen LogP contribution in [0, 0.1) is 5.82 Å². The predicted molar refractivity (Wildman–Crippen MR) is 68.3 cm³/mol. The number of nitrogens with zero attached hydrogens (tertiary/aromatic N) is 1. The van der Waals surface area contributed by atoms with Gasteiger partial charge in [-0.1, -0.05) is 12.1 Å². The van der Waals surface area contributed by atoms with E-state index in [2.05, 4.69) is 15.9 Å². The lowest BCUT2D eigenvalue weighted by molar-refractivity contribution is 0.622. The first kappa shape index (κ1) is 11.9. The van der Waals surface area contributed by atoms with Crippen LogP contribution in [0.4, 0.5) is 10.1 Å². The number of pyridine rings is 1. The molecule has 1 heterocycles. The normalized spacial score (nSPS) is 10.5. The number of rotatable bonds is 2. The van der Waals surface area contributed by atoms with Crippen LogP contribution in [0.25, 0.3) is 0 Å². The van der Waals surface area contributed by atoms with Gasteiger partial charge in [0.25, 0.3) is 5.56 Å². The van der Waals surface area contributed by atoms with Gasteiger partial charge in [-0.05, 0) is 39.7 Å². The Hall–Kier alpha value is -1.62. The molecular formula is C12H10BrFN2O. The van der Waals surface area contributed by atoms with Crippen molar-refractivity contribution in [2.45, 2.75) is 6.54 Å². The second kappa shape index (κ2) is 4.71. The van der Waals surface area contributed by atoms with Crippen LogP contribution < -0.4 is 11.3 Å². The molecule has 0 amide bonds. The number of hydrogen-bond acceptors (Lipinski definition) is 2. The van der Waals surface area contributed by atoms with Crippen molar-refractivity contribution in [2.75, 3.05) is 5.73 Å². The maximum absolute atomic E-state index is 13.0.